The quantitative estimate of drug-likeness (QED) is 0.340. The van der Waals surface area contributed by atoms with Crippen molar-refractivity contribution in [3.05, 3.63) is 0 Å². The van der Waals surface area contributed by atoms with Crippen molar-refractivity contribution in [1.29, 1.82) is 0 Å². The standard InChI is InChI=1S/C29H48N2O7/c1-14-23(34)22(30)24(35)26(36-14)37-16-6-9-27(2)15(12-16)4-5-20-19(27)7-10-28(3)18-8-11-29(20,28)38-25(31)17(18)13-21(32)33/h14-20,22-26,34-35H,4-13,30-31H2,1-3H3,(H,32,33)/t14-,15+,16-,17+,18+,19-,20+,22-,23-,24+,25-,26-,27-,28+,29-/m0/s1. The molecule has 6 fully saturated rings. The number of carbonyl (C=O) groups is 1. The smallest absolute Gasteiger partial charge is 0.303 e. The van der Waals surface area contributed by atoms with Gasteiger partial charge in [-0.05, 0) is 93.8 Å². The monoisotopic (exact) mass is 536 g/mol. The van der Waals surface area contributed by atoms with E-state index < -0.39 is 42.8 Å². The molecule has 2 aliphatic heterocycles. The van der Waals surface area contributed by atoms with Gasteiger partial charge >= 0.3 is 5.97 Å². The average molecular weight is 537 g/mol. The van der Waals surface area contributed by atoms with Crippen molar-refractivity contribution in [2.45, 2.75) is 134 Å². The molecule has 9 heteroatoms. The van der Waals surface area contributed by atoms with Gasteiger partial charge in [0.1, 0.15) is 12.3 Å². The largest absolute Gasteiger partial charge is 0.481 e. The molecule has 9 nitrogen and oxygen atoms in total. The Morgan fingerprint density at radius 3 is 2.45 bits per heavy atom. The molecule has 0 unspecified atom stereocenters. The van der Waals surface area contributed by atoms with Crippen LogP contribution in [0, 0.1) is 40.4 Å². The Morgan fingerprint density at radius 1 is 0.974 bits per heavy atom. The summed E-state index contributed by atoms with van der Waals surface area (Å²) in [7, 11) is 0. The summed E-state index contributed by atoms with van der Waals surface area (Å²) in [5.41, 5.74) is 12.5. The van der Waals surface area contributed by atoms with Gasteiger partial charge in [-0.2, -0.15) is 0 Å². The highest BCUT2D eigenvalue weighted by Gasteiger charge is 2.72. The van der Waals surface area contributed by atoms with Crippen molar-refractivity contribution in [3.8, 4) is 0 Å². The number of hydrogen-bond donors (Lipinski definition) is 5. The molecule has 6 rings (SSSR count). The van der Waals surface area contributed by atoms with E-state index >= 15 is 0 Å². The van der Waals surface area contributed by atoms with E-state index in [9.17, 15) is 20.1 Å². The molecule has 0 aromatic heterocycles. The van der Waals surface area contributed by atoms with Crippen molar-refractivity contribution in [1.82, 2.24) is 0 Å². The first-order chi connectivity index (χ1) is 17.9. The third-order valence-corrected chi connectivity index (χ3v) is 12.7. The molecule has 0 aromatic carbocycles. The van der Waals surface area contributed by atoms with Gasteiger partial charge in [0.2, 0.25) is 0 Å². The Morgan fingerprint density at radius 2 is 1.71 bits per heavy atom. The molecule has 216 valence electrons. The molecule has 15 atom stereocenters. The molecule has 0 radical (unpaired) electrons. The van der Waals surface area contributed by atoms with Crippen LogP contribution in [-0.4, -0.2) is 69.9 Å². The molecule has 2 bridgehead atoms. The topological polar surface area (TPSA) is 157 Å². The van der Waals surface area contributed by atoms with Crippen LogP contribution < -0.4 is 11.5 Å². The van der Waals surface area contributed by atoms with E-state index in [1.807, 2.05) is 0 Å². The third kappa shape index (κ3) is 3.79. The van der Waals surface area contributed by atoms with Gasteiger partial charge in [0.15, 0.2) is 6.29 Å². The lowest BCUT2D eigenvalue weighted by atomic mass is 9.42. The Hall–Kier alpha value is -0.810. The lowest BCUT2D eigenvalue weighted by Gasteiger charge is -2.67. The number of nitrogens with two attached hydrogens (primary N) is 2. The van der Waals surface area contributed by atoms with Gasteiger partial charge in [-0.25, -0.2) is 0 Å². The minimum atomic E-state index is -1.05. The van der Waals surface area contributed by atoms with Gasteiger partial charge in [-0.15, -0.1) is 0 Å². The van der Waals surface area contributed by atoms with Crippen LogP contribution in [0.4, 0.5) is 0 Å². The van der Waals surface area contributed by atoms with Crippen LogP contribution in [-0.2, 0) is 19.0 Å². The van der Waals surface area contributed by atoms with Crippen LogP contribution >= 0.6 is 0 Å². The zero-order chi connectivity index (χ0) is 27.2. The van der Waals surface area contributed by atoms with Crippen LogP contribution in [0.15, 0.2) is 0 Å². The van der Waals surface area contributed by atoms with Crippen molar-refractivity contribution < 1.29 is 34.3 Å². The Kier molecular flexibility index (Phi) is 6.74. The Labute approximate surface area is 225 Å². The van der Waals surface area contributed by atoms with Gasteiger partial charge in [-0.1, -0.05) is 13.8 Å². The lowest BCUT2D eigenvalue weighted by molar-refractivity contribution is -0.300. The van der Waals surface area contributed by atoms with Crippen LogP contribution in [0.3, 0.4) is 0 Å². The number of rotatable bonds is 4. The summed E-state index contributed by atoms with van der Waals surface area (Å²) in [5, 5.41) is 30.3. The number of carboxylic acid groups (broad SMARTS) is 1. The molecule has 0 aromatic rings. The molecule has 4 saturated carbocycles. The molecular weight excluding hydrogens is 488 g/mol. The highest BCUT2D eigenvalue weighted by molar-refractivity contribution is 5.67. The molecule has 0 spiro atoms. The fraction of sp³-hybridized carbons (Fsp3) is 0.966. The minimum absolute atomic E-state index is 0.00192. The zero-order valence-corrected chi connectivity index (χ0v) is 23.1. The maximum absolute atomic E-state index is 11.6. The van der Waals surface area contributed by atoms with Gasteiger partial charge in [0.05, 0.1) is 36.4 Å². The van der Waals surface area contributed by atoms with Gasteiger partial charge in [0, 0.05) is 11.3 Å². The van der Waals surface area contributed by atoms with E-state index in [1.54, 1.807) is 6.92 Å². The SMILES string of the molecule is C[C@@H]1O[C@@H](O[C@H]2CC[C@@]3(C)[C@H](CC[C@@H]4[C@@H]3CC[C@]3(C)[C@@H]5CC[C@]43O[C@H](N)[C@@H]5CC(=O)O)C2)[C@H](O)[C@@H](N)[C@H]1O. The van der Waals surface area contributed by atoms with Crippen LogP contribution in [0.5, 0.6) is 0 Å². The molecule has 7 N–H and O–H groups in total. The average Bonchev–Trinajstić information content (AvgIpc) is 3.07. The second-order valence-corrected chi connectivity index (χ2v) is 14.1. The summed E-state index contributed by atoms with van der Waals surface area (Å²) in [5.74, 6) is 0.944. The summed E-state index contributed by atoms with van der Waals surface area (Å²) >= 11 is 0. The van der Waals surface area contributed by atoms with Crippen molar-refractivity contribution in [2.24, 2.45) is 51.9 Å². The molecule has 38 heavy (non-hydrogen) atoms. The zero-order valence-electron chi connectivity index (χ0n) is 23.1. The highest BCUT2D eigenvalue weighted by Crippen LogP contribution is 2.73. The number of aliphatic hydroxyl groups excluding tert-OH is 2. The summed E-state index contributed by atoms with van der Waals surface area (Å²) in [4.78, 5) is 11.6. The second-order valence-electron chi connectivity index (χ2n) is 14.1. The van der Waals surface area contributed by atoms with E-state index in [0.29, 0.717) is 23.7 Å². The number of hydrogen-bond acceptors (Lipinski definition) is 8. The van der Waals surface area contributed by atoms with Crippen LogP contribution in [0.1, 0.15) is 85.0 Å². The number of ether oxygens (including phenoxy) is 3. The second kappa shape index (κ2) is 9.36. The predicted octanol–water partition coefficient (Wildman–Crippen LogP) is 2.35. The minimum Gasteiger partial charge on any atom is -0.481 e. The number of fused-ring (bicyclic) bond motifs is 3. The van der Waals surface area contributed by atoms with E-state index in [2.05, 4.69) is 13.8 Å². The summed E-state index contributed by atoms with van der Waals surface area (Å²) in [6.07, 6.45) is 5.69. The normalized spacial score (nSPS) is 58.0. The molecule has 2 heterocycles. The van der Waals surface area contributed by atoms with Crippen molar-refractivity contribution in [2.75, 3.05) is 0 Å². The van der Waals surface area contributed by atoms with Gasteiger partial charge in [-0.3, -0.25) is 4.79 Å². The maximum atomic E-state index is 11.6. The first kappa shape index (κ1) is 27.4. The molecular formula is C29H48N2O7. The summed E-state index contributed by atoms with van der Waals surface area (Å²) < 4.78 is 19.0. The van der Waals surface area contributed by atoms with Gasteiger partial charge < -0.3 is 41.0 Å². The number of aliphatic hydroxyl groups is 2. The van der Waals surface area contributed by atoms with Crippen LogP contribution in [0.2, 0.25) is 0 Å². The lowest BCUT2D eigenvalue weighted by Crippen LogP contribution is -2.68. The van der Waals surface area contributed by atoms with E-state index in [1.165, 1.54) is 0 Å². The highest BCUT2D eigenvalue weighted by atomic mass is 16.7. The maximum Gasteiger partial charge on any atom is 0.303 e. The van der Waals surface area contributed by atoms with E-state index in [4.69, 9.17) is 25.7 Å². The van der Waals surface area contributed by atoms with Crippen molar-refractivity contribution in [3.63, 3.8) is 0 Å². The summed E-state index contributed by atoms with van der Waals surface area (Å²) in [6, 6.07) is -0.781. The van der Waals surface area contributed by atoms with Gasteiger partial charge in [0.25, 0.3) is 0 Å². The van der Waals surface area contributed by atoms with Crippen molar-refractivity contribution >= 4 is 5.97 Å². The fourth-order valence-corrected chi connectivity index (χ4v) is 10.7. The number of carboxylic acids is 1. The first-order valence-electron chi connectivity index (χ1n) is 15.0. The number of aliphatic carboxylic acids is 1. The molecule has 6 aliphatic rings. The predicted molar refractivity (Wildman–Crippen MR) is 138 cm³/mol. The first-order valence-corrected chi connectivity index (χ1v) is 15.0. The molecule has 0 amide bonds. The summed E-state index contributed by atoms with van der Waals surface area (Å²) in [6.45, 7) is 6.62. The molecule has 4 aliphatic carbocycles. The Balaban J connectivity index is 1.18. The van der Waals surface area contributed by atoms with E-state index in [-0.39, 0.29) is 34.9 Å². The van der Waals surface area contributed by atoms with E-state index in [0.717, 1.165) is 57.8 Å². The Bertz CT molecular complexity index is 937. The fourth-order valence-electron chi connectivity index (χ4n) is 10.7. The third-order valence-electron chi connectivity index (χ3n) is 12.7. The van der Waals surface area contributed by atoms with Crippen LogP contribution in [0.25, 0.3) is 0 Å². The molecule has 2 saturated heterocycles.